The van der Waals surface area contributed by atoms with Gasteiger partial charge in [-0.2, -0.15) is 16.6 Å². The molecule has 2 aromatic rings. The summed E-state index contributed by atoms with van der Waals surface area (Å²) in [4.78, 5) is 29.0. The molecule has 27 heavy (non-hydrogen) atoms. The minimum absolute atomic E-state index is 0.122. The van der Waals surface area contributed by atoms with Crippen LogP contribution in [0.15, 0.2) is 28.0 Å². The average Bonchev–Trinajstić information content (AvgIpc) is 3.28. The molecule has 146 valence electrons. The molecule has 0 atom stereocenters. The van der Waals surface area contributed by atoms with Crippen molar-refractivity contribution in [3.8, 4) is 0 Å². The van der Waals surface area contributed by atoms with Gasteiger partial charge in [0, 0.05) is 47.8 Å². The lowest BCUT2D eigenvalue weighted by Crippen LogP contribution is -2.28. The van der Waals surface area contributed by atoms with E-state index >= 15 is 0 Å². The number of hydrogen-bond acceptors (Lipinski definition) is 10. The van der Waals surface area contributed by atoms with Gasteiger partial charge in [0.1, 0.15) is 5.01 Å². The van der Waals surface area contributed by atoms with Gasteiger partial charge in [-0.1, -0.05) is 0 Å². The van der Waals surface area contributed by atoms with Crippen LogP contribution >= 0.6 is 35.0 Å². The van der Waals surface area contributed by atoms with Gasteiger partial charge in [0.25, 0.3) is 5.56 Å². The summed E-state index contributed by atoms with van der Waals surface area (Å²) in [6.07, 6.45) is 3.51. The van der Waals surface area contributed by atoms with Gasteiger partial charge >= 0.3 is 0 Å². The van der Waals surface area contributed by atoms with Gasteiger partial charge in [-0.3, -0.25) is 9.78 Å². The molecule has 0 aliphatic carbocycles. The second-order valence-corrected chi connectivity index (χ2v) is 8.90. The van der Waals surface area contributed by atoms with E-state index in [9.17, 15) is 4.79 Å². The zero-order valence-corrected chi connectivity index (χ0v) is 17.7. The first-order chi connectivity index (χ1) is 13.1. The monoisotopic (exact) mass is 425 g/mol. The Morgan fingerprint density at radius 3 is 3.04 bits per heavy atom. The molecule has 0 amide bonds. The number of aromatic amines is 1. The van der Waals surface area contributed by atoms with Crippen molar-refractivity contribution in [3.63, 3.8) is 0 Å². The van der Waals surface area contributed by atoms with Gasteiger partial charge in [-0.05, 0) is 26.0 Å². The number of nitrogens with one attached hydrogen (secondary N) is 3. The van der Waals surface area contributed by atoms with E-state index in [0.717, 1.165) is 35.3 Å². The van der Waals surface area contributed by atoms with Crippen LogP contribution in [0.5, 0.6) is 0 Å². The Hall–Kier alpha value is -1.53. The lowest BCUT2D eigenvalue weighted by Gasteiger charge is -2.14. The van der Waals surface area contributed by atoms with Crippen molar-refractivity contribution >= 4 is 41.0 Å². The molecule has 0 radical (unpaired) electrons. The van der Waals surface area contributed by atoms with Crippen LogP contribution in [0.4, 0.5) is 5.95 Å². The molecule has 0 fully saturated rings. The van der Waals surface area contributed by atoms with Crippen LogP contribution in [0.2, 0.25) is 0 Å². The average molecular weight is 426 g/mol. The molecule has 0 spiro atoms. The molecule has 8 nitrogen and oxygen atoms in total. The molecule has 3 N–H and O–H groups in total. The third-order valence-electron chi connectivity index (χ3n) is 3.53. The van der Waals surface area contributed by atoms with Crippen LogP contribution in [0, 0.1) is 0 Å². The van der Waals surface area contributed by atoms with Crippen LogP contribution < -0.4 is 15.7 Å². The summed E-state index contributed by atoms with van der Waals surface area (Å²) in [5, 5.41) is 10.2. The predicted octanol–water partition coefficient (Wildman–Crippen LogP) is 2.07. The second-order valence-electron chi connectivity index (χ2n) is 6.16. The quantitative estimate of drug-likeness (QED) is 0.391. The molecule has 1 aliphatic heterocycles. The standard InChI is InChI=1S/C16H23N7OS3/c1-22(2)9-14-19-13(11-26-14)10-25-5-3-17-16-18-7-12(15(24)20-16)8-23-4-6-27-21-23/h4,6-7,11,21H,3,5,8-10H2,1-2H3,(H2,17,18,20,24). The molecule has 0 bridgehead atoms. The molecule has 1 aliphatic rings. The van der Waals surface area contributed by atoms with E-state index < -0.39 is 0 Å². The van der Waals surface area contributed by atoms with Crippen molar-refractivity contribution in [3.05, 3.63) is 49.8 Å². The Labute approximate surface area is 171 Å². The van der Waals surface area contributed by atoms with E-state index in [2.05, 4.69) is 35.4 Å². The van der Waals surface area contributed by atoms with E-state index in [0.29, 0.717) is 18.1 Å². The van der Waals surface area contributed by atoms with Crippen molar-refractivity contribution in [1.29, 1.82) is 0 Å². The summed E-state index contributed by atoms with van der Waals surface area (Å²) in [6.45, 7) is 2.09. The maximum absolute atomic E-state index is 12.1. The van der Waals surface area contributed by atoms with E-state index in [-0.39, 0.29) is 5.56 Å². The number of hydrogen-bond donors (Lipinski definition) is 3. The minimum Gasteiger partial charge on any atom is -0.355 e. The normalized spacial score (nSPS) is 13.7. The molecular formula is C16H23N7OS3. The summed E-state index contributed by atoms with van der Waals surface area (Å²) >= 11 is 4.99. The smallest absolute Gasteiger partial charge is 0.257 e. The molecule has 0 unspecified atom stereocenters. The number of aromatic nitrogens is 3. The van der Waals surface area contributed by atoms with E-state index in [4.69, 9.17) is 0 Å². The molecular weight excluding hydrogens is 402 g/mol. The largest absolute Gasteiger partial charge is 0.355 e. The van der Waals surface area contributed by atoms with Gasteiger partial charge in [0.2, 0.25) is 5.95 Å². The molecule has 0 saturated heterocycles. The molecule has 0 aromatic carbocycles. The summed E-state index contributed by atoms with van der Waals surface area (Å²) in [6, 6.07) is 0. The first-order valence-corrected chi connectivity index (χ1v) is 11.3. The van der Waals surface area contributed by atoms with E-state index in [1.165, 1.54) is 11.9 Å². The summed E-state index contributed by atoms with van der Waals surface area (Å²) in [5.74, 6) is 2.31. The maximum Gasteiger partial charge on any atom is 0.257 e. The van der Waals surface area contributed by atoms with Crippen molar-refractivity contribution in [1.82, 2.24) is 29.7 Å². The Kier molecular flexibility index (Phi) is 7.59. The lowest BCUT2D eigenvalue weighted by atomic mass is 10.3. The Morgan fingerprint density at radius 2 is 2.30 bits per heavy atom. The van der Waals surface area contributed by atoms with Crippen LogP contribution in [0.25, 0.3) is 0 Å². The first kappa shape index (κ1) is 20.2. The topological polar surface area (TPSA) is 89.2 Å². The SMILES string of the molecule is CN(C)Cc1nc(CSCCNc2ncc(CN3C=CSN3)c(=O)[nH]2)cs1. The number of thiazole rings is 1. The van der Waals surface area contributed by atoms with Crippen molar-refractivity contribution < 1.29 is 0 Å². The van der Waals surface area contributed by atoms with Crippen molar-refractivity contribution in [2.45, 2.75) is 18.8 Å². The van der Waals surface area contributed by atoms with Gasteiger partial charge in [-0.25, -0.2) is 9.97 Å². The summed E-state index contributed by atoms with van der Waals surface area (Å²) in [5.41, 5.74) is 1.62. The number of nitrogens with zero attached hydrogens (tertiary/aromatic N) is 4. The third kappa shape index (κ3) is 6.54. The number of H-pyrrole nitrogens is 1. The highest BCUT2D eigenvalue weighted by Gasteiger charge is 2.09. The van der Waals surface area contributed by atoms with Crippen molar-refractivity contribution in [2.24, 2.45) is 0 Å². The highest BCUT2D eigenvalue weighted by atomic mass is 32.2. The second kappa shape index (κ2) is 10.1. The van der Waals surface area contributed by atoms with Gasteiger partial charge in [0.05, 0.1) is 17.8 Å². The van der Waals surface area contributed by atoms with E-state index in [1.54, 1.807) is 17.5 Å². The molecule has 11 heteroatoms. The Bertz CT molecular complexity index is 820. The Morgan fingerprint density at radius 1 is 1.41 bits per heavy atom. The molecule has 3 rings (SSSR count). The number of thioether (sulfide) groups is 1. The van der Waals surface area contributed by atoms with E-state index in [1.807, 2.05) is 42.5 Å². The minimum atomic E-state index is -0.122. The zero-order valence-electron chi connectivity index (χ0n) is 15.3. The maximum atomic E-state index is 12.1. The molecule has 3 heterocycles. The first-order valence-electron chi connectivity index (χ1n) is 8.42. The van der Waals surface area contributed by atoms with Gasteiger partial charge < -0.3 is 15.2 Å². The van der Waals surface area contributed by atoms with Crippen molar-refractivity contribution in [2.75, 3.05) is 31.7 Å². The van der Waals surface area contributed by atoms with Crippen LogP contribution in [-0.4, -0.2) is 51.3 Å². The number of hydrazine groups is 1. The fourth-order valence-electron chi connectivity index (χ4n) is 2.30. The van der Waals surface area contributed by atoms with Crippen LogP contribution in [0.1, 0.15) is 16.3 Å². The predicted molar refractivity (Wildman–Crippen MR) is 114 cm³/mol. The number of rotatable bonds is 10. The van der Waals surface area contributed by atoms with Crippen LogP contribution in [0.3, 0.4) is 0 Å². The molecule has 0 saturated carbocycles. The fourth-order valence-corrected chi connectivity index (χ4v) is 4.59. The third-order valence-corrected chi connectivity index (χ3v) is 6.00. The summed E-state index contributed by atoms with van der Waals surface area (Å²) < 4.78 is 0. The van der Waals surface area contributed by atoms with Gasteiger partial charge in [0.15, 0.2) is 0 Å². The fraction of sp³-hybridized carbons (Fsp3) is 0.438. The van der Waals surface area contributed by atoms with Gasteiger partial charge in [-0.15, -0.1) is 11.3 Å². The number of anilines is 1. The highest BCUT2D eigenvalue weighted by molar-refractivity contribution is 8.00. The summed E-state index contributed by atoms with van der Waals surface area (Å²) in [7, 11) is 4.09. The zero-order chi connectivity index (χ0) is 19.1. The lowest BCUT2D eigenvalue weighted by molar-refractivity contribution is 0.352. The molecule has 2 aromatic heterocycles. The van der Waals surface area contributed by atoms with Crippen LogP contribution in [-0.2, 0) is 18.8 Å². The Balaban J connectivity index is 1.37. The highest BCUT2D eigenvalue weighted by Crippen LogP contribution is 2.16.